The van der Waals surface area contributed by atoms with Gasteiger partial charge in [0.05, 0.1) is 6.33 Å². The Hall–Kier alpha value is -0.870. The average Bonchev–Trinajstić information content (AvgIpc) is 2.79. The molecule has 1 aromatic rings. The van der Waals surface area contributed by atoms with E-state index in [9.17, 15) is 0 Å². The van der Waals surface area contributed by atoms with E-state index in [-0.39, 0.29) is 0 Å². The highest BCUT2D eigenvalue weighted by atomic mass is 16.5. The Morgan fingerprint density at radius 1 is 1.40 bits per heavy atom. The van der Waals surface area contributed by atoms with Crippen LogP contribution in [0.15, 0.2) is 18.7 Å². The molecule has 0 spiro atoms. The second kappa shape index (κ2) is 5.88. The van der Waals surface area contributed by atoms with Crippen molar-refractivity contribution in [2.75, 3.05) is 19.8 Å². The van der Waals surface area contributed by atoms with E-state index >= 15 is 0 Å². The van der Waals surface area contributed by atoms with Gasteiger partial charge in [0.25, 0.3) is 0 Å². The van der Waals surface area contributed by atoms with Gasteiger partial charge < -0.3 is 14.6 Å². The summed E-state index contributed by atoms with van der Waals surface area (Å²) < 4.78 is 7.43. The number of ether oxygens (including phenoxy) is 1. The molecule has 1 aliphatic rings. The molecule has 0 bridgehead atoms. The molecular formula is C11H19N3O. The first-order valence-electron chi connectivity index (χ1n) is 5.72. The smallest absolute Gasteiger partial charge is 0.0945 e. The van der Waals surface area contributed by atoms with Gasteiger partial charge in [0.2, 0.25) is 0 Å². The minimum absolute atomic E-state index is 0.668. The summed E-state index contributed by atoms with van der Waals surface area (Å²) in [6, 6.07) is 0.668. The van der Waals surface area contributed by atoms with Gasteiger partial charge in [-0.2, -0.15) is 0 Å². The topological polar surface area (TPSA) is 39.1 Å². The van der Waals surface area contributed by atoms with Crippen molar-refractivity contribution < 1.29 is 4.74 Å². The lowest BCUT2D eigenvalue weighted by molar-refractivity contribution is 0.0779. The molecular weight excluding hydrogens is 190 g/mol. The van der Waals surface area contributed by atoms with Crippen molar-refractivity contribution >= 4 is 0 Å². The third kappa shape index (κ3) is 3.64. The van der Waals surface area contributed by atoms with Crippen molar-refractivity contribution in [3.8, 4) is 0 Å². The minimum Gasteiger partial charge on any atom is -0.381 e. The summed E-state index contributed by atoms with van der Waals surface area (Å²) in [4.78, 5) is 4.02. The molecule has 0 aliphatic carbocycles. The normalized spacial score (nSPS) is 18.1. The number of aromatic nitrogens is 2. The largest absolute Gasteiger partial charge is 0.381 e. The highest BCUT2D eigenvalue weighted by Gasteiger charge is 2.11. The van der Waals surface area contributed by atoms with Gasteiger partial charge in [0.15, 0.2) is 0 Å². The Morgan fingerprint density at radius 3 is 3.00 bits per heavy atom. The van der Waals surface area contributed by atoms with Gasteiger partial charge >= 0.3 is 0 Å². The van der Waals surface area contributed by atoms with Crippen molar-refractivity contribution in [3.63, 3.8) is 0 Å². The minimum atomic E-state index is 0.668. The first-order chi connectivity index (χ1) is 7.45. The van der Waals surface area contributed by atoms with Crippen molar-refractivity contribution in [1.29, 1.82) is 0 Å². The van der Waals surface area contributed by atoms with Crippen LogP contribution in [-0.2, 0) is 11.3 Å². The molecule has 1 aliphatic heterocycles. The van der Waals surface area contributed by atoms with Gasteiger partial charge in [0, 0.05) is 38.2 Å². The maximum Gasteiger partial charge on any atom is 0.0945 e. The lowest BCUT2D eigenvalue weighted by Crippen LogP contribution is -2.35. The Morgan fingerprint density at radius 2 is 2.27 bits per heavy atom. The lowest BCUT2D eigenvalue weighted by atomic mass is 10.1. The van der Waals surface area contributed by atoms with Crippen LogP contribution in [0.1, 0.15) is 19.3 Å². The van der Waals surface area contributed by atoms with E-state index < -0.39 is 0 Å². The molecule has 0 radical (unpaired) electrons. The second-order valence-electron chi connectivity index (χ2n) is 3.99. The summed E-state index contributed by atoms with van der Waals surface area (Å²) in [5.41, 5.74) is 0. The molecule has 4 heteroatoms. The Balaban J connectivity index is 1.54. The van der Waals surface area contributed by atoms with Crippen molar-refractivity contribution in [1.82, 2.24) is 14.9 Å². The summed E-state index contributed by atoms with van der Waals surface area (Å²) >= 11 is 0. The number of aryl methyl sites for hydroxylation is 1. The summed E-state index contributed by atoms with van der Waals surface area (Å²) in [6.45, 7) is 3.97. The SMILES string of the molecule is c1cn(CCCNC2CCOCC2)cn1. The van der Waals surface area contributed by atoms with E-state index in [2.05, 4.69) is 14.9 Å². The van der Waals surface area contributed by atoms with E-state index in [1.807, 2.05) is 18.7 Å². The van der Waals surface area contributed by atoms with Gasteiger partial charge in [-0.1, -0.05) is 0 Å². The van der Waals surface area contributed by atoms with Gasteiger partial charge in [0.1, 0.15) is 0 Å². The van der Waals surface area contributed by atoms with Crippen LogP contribution in [0.25, 0.3) is 0 Å². The molecule has 84 valence electrons. The maximum atomic E-state index is 5.31. The monoisotopic (exact) mass is 209 g/mol. The predicted molar refractivity (Wildman–Crippen MR) is 58.7 cm³/mol. The fraction of sp³-hybridized carbons (Fsp3) is 0.727. The average molecular weight is 209 g/mol. The second-order valence-corrected chi connectivity index (χ2v) is 3.99. The first-order valence-corrected chi connectivity index (χ1v) is 5.72. The molecule has 0 saturated carbocycles. The van der Waals surface area contributed by atoms with Crippen LogP contribution in [0.5, 0.6) is 0 Å². The Kier molecular flexibility index (Phi) is 4.17. The van der Waals surface area contributed by atoms with Crippen molar-refractivity contribution in [3.05, 3.63) is 18.7 Å². The molecule has 4 nitrogen and oxygen atoms in total. The predicted octanol–water partition coefficient (Wildman–Crippen LogP) is 1.04. The van der Waals surface area contributed by atoms with Crippen LogP contribution in [0.2, 0.25) is 0 Å². The number of nitrogens with one attached hydrogen (secondary N) is 1. The third-order valence-electron chi connectivity index (χ3n) is 2.81. The third-order valence-corrected chi connectivity index (χ3v) is 2.81. The molecule has 1 aromatic heterocycles. The lowest BCUT2D eigenvalue weighted by Gasteiger charge is -2.23. The maximum absolute atomic E-state index is 5.31. The Bertz CT molecular complexity index is 255. The van der Waals surface area contributed by atoms with Gasteiger partial charge in [-0.3, -0.25) is 0 Å². The van der Waals surface area contributed by atoms with Crippen LogP contribution in [0.4, 0.5) is 0 Å². The molecule has 1 saturated heterocycles. The fourth-order valence-corrected chi connectivity index (χ4v) is 1.89. The summed E-state index contributed by atoms with van der Waals surface area (Å²) in [6.07, 6.45) is 9.18. The van der Waals surface area contributed by atoms with Crippen molar-refractivity contribution in [2.45, 2.75) is 31.8 Å². The molecule has 2 heterocycles. The van der Waals surface area contributed by atoms with E-state index in [4.69, 9.17) is 4.74 Å². The van der Waals surface area contributed by atoms with Crippen molar-refractivity contribution in [2.24, 2.45) is 0 Å². The highest BCUT2D eigenvalue weighted by molar-refractivity contribution is 4.74. The number of nitrogens with zero attached hydrogens (tertiary/aromatic N) is 2. The summed E-state index contributed by atoms with van der Waals surface area (Å²) in [7, 11) is 0. The molecule has 1 fully saturated rings. The number of hydrogen-bond acceptors (Lipinski definition) is 3. The first kappa shape index (κ1) is 10.6. The standard InChI is InChI=1S/C11H19N3O/c1(6-14-7-5-12-10-14)4-13-11-2-8-15-9-3-11/h5,7,10-11,13H,1-4,6,8-9H2. The van der Waals surface area contributed by atoms with Crippen LogP contribution in [0, 0.1) is 0 Å². The molecule has 0 unspecified atom stereocenters. The van der Waals surface area contributed by atoms with E-state index in [0.29, 0.717) is 6.04 Å². The molecule has 0 atom stereocenters. The van der Waals surface area contributed by atoms with Gasteiger partial charge in [-0.25, -0.2) is 4.98 Å². The molecule has 0 aromatic carbocycles. The molecule has 2 rings (SSSR count). The molecule has 0 amide bonds. The summed E-state index contributed by atoms with van der Waals surface area (Å²) in [5, 5.41) is 3.57. The Labute approximate surface area is 90.6 Å². The molecule has 1 N–H and O–H groups in total. The van der Waals surface area contributed by atoms with Gasteiger partial charge in [-0.05, 0) is 25.8 Å². The van der Waals surface area contributed by atoms with Crippen LogP contribution >= 0.6 is 0 Å². The fourth-order valence-electron chi connectivity index (χ4n) is 1.89. The van der Waals surface area contributed by atoms with Crippen LogP contribution in [0.3, 0.4) is 0 Å². The van der Waals surface area contributed by atoms with Crippen LogP contribution < -0.4 is 5.32 Å². The molecule has 15 heavy (non-hydrogen) atoms. The van der Waals surface area contributed by atoms with Gasteiger partial charge in [-0.15, -0.1) is 0 Å². The highest BCUT2D eigenvalue weighted by Crippen LogP contribution is 2.05. The van der Waals surface area contributed by atoms with E-state index in [1.54, 1.807) is 0 Å². The zero-order valence-corrected chi connectivity index (χ0v) is 9.06. The quantitative estimate of drug-likeness (QED) is 0.736. The number of rotatable bonds is 5. The zero-order valence-electron chi connectivity index (χ0n) is 9.06. The van der Waals surface area contributed by atoms with Crippen LogP contribution in [-0.4, -0.2) is 35.4 Å². The van der Waals surface area contributed by atoms with E-state index in [0.717, 1.165) is 45.6 Å². The number of hydrogen-bond donors (Lipinski definition) is 1. The zero-order chi connectivity index (χ0) is 10.3. The van der Waals surface area contributed by atoms with E-state index in [1.165, 1.54) is 0 Å². The number of imidazole rings is 1. The summed E-state index contributed by atoms with van der Waals surface area (Å²) in [5.74, 6) is 0.